The van der Waals surface area contributed by atoms with Gasteiger partial charge in [-0.15, -0.1) is 0 Å². The summed E-state index contributed by atoms with van der Waals surface area (Å²) >= 11 is 0. The van der Waals surface area contributed by atoms with Crippen LogP contribution < -0.4 is 10.6 Å². The Labute approximate surface area is 229 Å². The Balaban J connectivity index is 0.000000625. The van der Waals surface area contributed by atoms with Gasteiger partial charge in [-0.3, -0.25) is 9.78 Å². The first-order valence-electron chi connectivity index (χ1n) is 12.7. The molecule has 1 aromatic carbocycles. The third kappa shape index (κ3) is 13.4. The molecule has 8 nitrogen and oxygen atoms in total. The Morgan fingerprint density at radius 2 is 1.85 bits per heavy atom. The zero-order chi connectivity index (χ0) is 29.7. The van der Waals surface area contributed by atoms with E-state index in [0.717, 1.165) is 47.7 Å². The number of carbonyl (C=O) groups excluding carboxylic acids is 1. The van der Waals surface area contributed by atoms with Gasteiger partial charge in [0.1, 0.15) is 12.0 Å². The fraction of sp³-hybridized carbons (Fsp3) is 0.393. The van der Waals surface area contributed by atoms with E-state index in [9.17, 15) is 18.0 Å². The minimum Gasteiger partial charge on any atom is -0.405 e. The summed E-state index contributed by atoms with van der Waals surface area (Å²) in [6.45, 7) is 8.93. The van der Waals surface area contributed by atoms with E-state index in [1.54, 1.807) is 18.3 Å². The zero-order valence-electron chi connectivity index (χ0n) is 23.6. The molecule has 0 aliphatic heterocycles. The number of rotatable bonds is 8. The Hall–Kier alpha value is -4.02. The van der Waals surface area contributed by atoms with Gasteiger partial charge in [0.15, 0.2) is 6.67 Å². The topological polar surface area (TPSA) is 102 Å². The number of halogens is 3. The van der Waals surface area contributed by atoms with Crippen molar-refractivity contribution in [2.45, 2.75) is 53.4 Å². The molecule has 0 spiro atoms. The predicted octanol–water partition coefficient (Wildman–Crippen LogP) is 7.24. The second-order valence-electron chi connectivity index (χ2n) is 7.61. The zero-order valence-corrected chi connectivity index (χ0v) is 23.6. The summed E-state index contributed by atoms with van der Waals surface area (Å²) in [5.74, 6) is 0. The summed E-state index contributed by atoms with van der Waals surface area (Å²) in [6.07, 6.45) is 4.99. The number of aldehydes is 1. The van der Waals surface area contributed by atoms with E-state index in [4.69, 9.17) is 5.73 Å². The molecule has 0 saturated carbocycles. The molecular weight excluding hydrogens is 507 g/mol. The van der Waals surface area contributed by atoms with E-state index in [1.165, 1.54) is 19.4 Å². The van der Waals surface area contributed by atoms with Crippen molar-refractivity contribution in [1.29, 1.82) is 0 Å². The largest absolute Gasteiger partial charge is 0.433 e. The maximum absolute atomic E-state index is 12.9. The fourth-order valence-corrected chi connectivity index (χ4v) is 2.97. The number of hydrogen-bond acceptors (Lipinski definition) is 7. The van der Waals surface area contributed by atoms with Crippen molar-refractivity contribution in [3.8, 4) is 11.3 Å². The number of carbonyl (C=O) groups is 1. The Morgan fingerprint density at radius 1 is 1.13 bits per heavy atom. The summed E-state index contributed by atoms with van der Waals surface area (Å²) in [5, 5.41) is 10.8. The lowest BCUT2D eigenvalue weighted by Gasteiger charge is -2.18. The van der Waals surface area contributed by atoms with Crippen LogP contribution in [0, 0.1) is 0 Å². The number of benzene rings is 1. The van der Waals surface area contributed by atoms with Crippen LogP contribution in [0.1, 0.15) is 56.6 Å². The third-order valence-corrected chi connectivity index (χ3v) is 4.74. The lowest BCUT2D eigenvalue weighted by atomic mass is 10.2. The molecule has 0 bridgehead atoms. The number of pyridine rings is 1. The van der Waals surface area contributed by atoms with E-state index in [1.807, 2.05) is 58.2 Å². The van der Waals surface area contributed by atoms with E-state index >= 15 is 0 Å². The highest BCUT2D eigenvalue weighted by molar-refractivity contribution is 5.77. The van der Waals surface area contributed by atoms with Gasteiger partial charge in [-0.2, -0.15) is 28.5 Å². The van der Waals surface area contributed by atoms with Crippen molar-refractivity contribution in [3.63, 3.8) is 0 Å². The molecule has 11 heteroatoms. The van der Waals surface area contributed by atoms with Gasteiger partial charge in [-0.1, -0.05) is 45.9 Å². The first-order chi connectivity index (χ1) is 18.7. The average molecular weight is 548 g/mol. The van der Waals surface area contributed by atoms with Crippen LogP contribution in [0.3, 0.4) is 0 Å². The molecule has 0 radical (unpaired) electrons. The molecule has 0 aliphatic rings. The molecular formula is C28H40F3N7O. The Morgan fingerprint density at radius 3 is 2.33 bits per heavy atom. The SMILES string of the molecule is CC.CC/C=C/N.CCCN(C)c1cccc(C=O)c1.CN=NCn1nc(-c2cccnc2)cc1C(F)(F)F. The van der Waals surface area contributed by atoms with Gasteiger partial charge < -0.3 is 10.6 Å². The third-order valence-electron chi connectivity index (χ3n) is 4.74. The van der Waals surface area contributed by atoms with Crippen molar-refractivity contribution in [3.05, 3.63) is 78.4 Å². The minimum atomic E-state index is -4.49. The van der Waals surface area contributed by atoms with E-state index in [2.05, 4.69) is 32.1 Å². The van der Waals surface area contributed by atoms with Crippen LogP contribution in [-0.2, 0) is 12.8 Å². The highest BCUT2D eigenvalue weighted by Crippen LogP contribution is 2.32. The monoisotopic (exact) mass is 547 g/mol. The predicted molar refractivity (Wildman–Crippen MR) is 152 cm³/mol. The summed E-state index contributed by atoms with van der Waals surface area (Å²) in [7, 11) is 3.42. The molecule has 0 atom stereocenters. The maximum atomic E-state index is 12.9. The van der Waals surface area contributed by atoms with Crippen molar-refractivity contribution < 1.29 is 18.0 Å². The van der Waals surface area contributed by atoms with Crippen LogP contribution in [0.25, 0.3) is 11.3 Å². The van der Waals surface area contributed by atoms with Gasteiger partial charge >= 0.3 is 6.18 Å². The van der Waals surface area contributed by atoms with Crippen LogP contribution in [0.5, 0.6) is 0 Å². The molecule has 2 N–H and O–H groups in total. The van der Waals surface area contributed by atoms with Gasteiger partial charge in [0.05, 0.1) is 5.69 Å². The van der Waals surface area contributed by atoms with Crippen molar-refractivity contribution in [2.75, 3.05) is 25.5 Å². The molecule has 214 valence electrons. The second kappa shape index (κ2) is 20.0. The number of nitrogens with zero attached hydrogens (tertiary/aromatic N) is 6. The van der Waals surface area contributed by atoms with Gasteiger partial charge in [-0.25, -0.2) is 4.68 Å². The number of aromatic nitrogens is 3. The molecule has 0 amide bonds. The number of allylic oxidation sites excluding steroid dienone is 1. The fourth-order valence-electron chi connectivity index (χ4n) is 2.97. The molecule has 2 aromatic heterocycles. The van der Waals surface area contributed by atoms with Gasteiger partial charge in [0.2, 0.25) is 0 Å². The molecule has 3 aromatic rings. The second-order valence-corrected chi connectivity index (χ2v) is 7.61. The van der Waals surface area contributed by atoms with Crippen molar-refractivity contribution in [1.82, 2.24) is 14.8 Å². The summed E-state index contributed by atoms with van der Waals surface area (Å²) in [4.78, 5) is 16.5. The highest BCUT2D eigenvalue weighted by atomic mass is 19.4. The van der Waals surface area contributed by atoms with Gasteiger partial charge in [0.25, 0.3) is 0 Å². The number of hydrogen-bond donors (Lipinski definition) is 1. The van der Waals surface area contributed by atoms with E-state index < -0.39 is 11.9 Å². The standard InChI is InChI=1S/C11H10F3N5.C11H15NO.C4H9N.C2H6/c1-15-17-7-19-10(11(12,13)14)5-9(18-19)8-3-2-4-16-6-8;1-3-7-12(2)11-6-4-5-10(8-11)9-13;1-2-3-4-5;1-2/h2-6H,7H2,1H3;4-6,8-9H,3,7H2,1-2H3;3-4H,2,5H2,1H3;1-2H3/b;;4-3+;. The molecule has 0 aliphatic carbocycles. The summed E-state index contributed by atoms with van der Waals surface area (Å²) < 4.78 is 39.3. The van der Waals surface area contributed by atoms with E-state index in [0.29, 0.717) is 5.56 Å². The summed E-state index contributed by atoms with van der Waals surface area (Å²) in [6, 6.07) is 11.9. The lowest BCUT2D eigenvalue weighted by Crippen LogP contribution is -2.17. The average Bonchev–Trinajstić information content (AvgIpc) is 3.40. The highest BCUT2D eigenvalue weighted by Gasteiger charge is 2.36. The van der Waals surface area contributed by atoms with E-state index in [-0.39, 0.29) is 12.4 Å². The van der Waals surface area contributed by atoms with Gasteiger partial charge in [0, 0.05) is 49.8 Å². The normalized spacial score (nSPS) is 10.6. The summed E-state index contributed by atoms with van der Waals surface area (Å²) in [5.41, 5.74) is 6.65. The molecule has 39 heavy (non-hydrogen) atoms. The first kappa shape index (κ1) is 35.0. The Bertz CT molecular complexity index is 1110. The van der Waals surface area contributed by atoms with Gasteiger partial charge in [-0.05, 0) is 49.4 Å². The molecule has 2 heterocycles. The number of anilines is 1. The molecule has 0 fully saturated rings. The number of azo groups is 1. The quantitative estimate of drug-likeness (QED) is 0.236. The van der Waals surface area contributed by atoms with Crippen LogP contribution in [0.4, 0.5) is 18.9 Å². The molecule has 0 unspecified atom stereocenters. The lowest BCUT2D eigenvalue weighted by molar-refractivity contribution is -0.144. The molecule has 3 rings (SSSR count). The van der Waals surface area contributed by atoms with Crippen LogP contribution in [0.15, 0.2) is 77.4 Å². The number of alkyl halides is 3. The van der Waals surface area contributed by atoms with Crippen molar-refractivity contribution >= 4 is 12.0 Å². The van der Waals surface area contributed by atoms with Crippen LogP contribution in [-0.4, -0.2) is 41.7 Å². The molecule has 0 saturated heterocycles. The first-order valence-corrected chi connectivity index (χ1v) is 12.7. The smallest absolute Gasteiger partial charge is 0.405 e. The number of nitrogens with two attached hydrogens (primary N) is 1. The minimum absolute atomic E-state index is 0.201. The van der Waals surface area contributed by atoms with Crippen LogP contribution >= 0.6 is 0 Å². The van der Waals surface area contributed by atoms with Crippen molar-refractivity contribution in [2.24, 2.45) is 16.0 Å². The maximum Gasteiger partial charge on any atom is 0.433 e. The Kier molecular flexibility index (Phi) is 17.9. The van der Waals surface area contributed by atoms with Crippen LogP contribution in [0.2, 0.25) is 0 Å².